The topological polar surface area (TPSA) is 80.3 Å². The third-order valence-electron chi connectivity index (χ3n) is 6.02. The summed E-state index contributed by atoms with van der Waals surface area (Å²) in [5, 5.41) is 2.91. The second-order valence-corrected chi connectivity index (χ2v) is 8.09. The van der Waals surface area contributed by atoms with Gasteiger partial charge >= 0.3 is 0 Å². The van der Waals surface area contributed by atoms with Gasteiger partial charge < -0.3 is 24.4 Å². The van der Waals surface area contributed by atoms with Crippen molar-refractivity contribution in [1.82, 2.24) is 15.1 Å². The molecule has 1 aromatic carbocycles. The summed E-state index contributed by atoms with van der Waals surface area (Å²) in [6, 6.07) is 7.35. The number of rotatable bonds is 10. The third-order valence-corrected chi connectivity index (χ3v) is 6.02. The zero-order valence-corrected chi connectivity index (χ0v) is 19.1. The minimum atomic E-state index is -0.450. The summed E-state index contributed by atoms with van der Waals surface area (Å²) in [5.74, 6) is 0.760. The molecule has 1 aromatic rings. The quantitative estimate of drug-likeness (QED) is 0.551. The number of nitrogens with one attached hydrogen (secondary N) is 1. The van der Waals surface area contributed by atoms with E-state index >= 15 is 0 Å². The van der Waals surface area contributed by atoms with E-state index in [1.54, 1.807) is 14.2 Å². The molecule has 0 bridgehead atoms. The van der Waals surface area contributed by atoms with E-state index in [1.807, 2.05) is 41.3 Å². The lowest BCUT2D eigenvalue weighted by atomic mass is 10.0. The van der Waals surface area contributed by atoms with Crippen molar-refractivity contribution in [1.29, 1.82) is 0 Å². The Balaban J connectivity index is 1.52. The number of amides is 2. The summed E-state index contributed by atoms with van der Waals surface area (Å²) in [5.41, 5.74) is 0.986. The largest absolute Gasteiger partial charge is 0.496 e. The highest BCUT2D eigenvalue weighted by Crippen LogP contribution is 2.20. The van der Waals surface area contributed by atoms with Crippen molar-refractivity contribution in [2.45, 2.75) is 31.4 Å². The zero-order chi connectivity index (χ0) is 22.8. The molecule has 0 unspecified atom stereocenters. The maximum absolute atomic E-state index is 12.9. The summed E-state index contributed by atoms with van der Waals surface area (Å²) in [6.07, 6.45) is 6.03. The van der Waals surface area contributed by atoms with Crippen LogP contribution in [0, 0.1) is 0 Å². The highest BCUT2D eigenvalue weighted by Gasteiger charge is 2.33. The predicted octanol–water partition coefficient (Wildman–Crippen LogP) is 1.55. The number of piperidine rings is 1. The standard InChI is InChI=1S/C24H35N3O5/c1-30-16-17-32-20-9-13-27(14-10-20)23(28)18-21-24(29)25-11-15-26(21)12-5-7-19-6-3-4-8-22(19)31-2/h3-8,20-21H,9-18H2,1-2H3,(H,25,29)/b7-5+/t21-/m0/s1. The summed E-state index contributed by atoms with van der Waals surface area (Å²) in [6.45, 7) is 4.40. The van der Waals surface area contributed by atoms with Crippen LogP contribution in [0.15, 0.2) is 30.3 Å². The van der Waals surface area contributed by atoms with Crippen LogP contribution in [0.25, 0.3) is 6.08 Å². The molecule has 0 aromatic heterocycles. The number of piperazine rings is 1. The lowest BCUT2D eigenvalue weighted by Crippen LogP contribution is -2.57. The fraction of sp³-hybridized carbons (Fsp3) is 0.583. The van der Waals surface area contributed by atoms with E-state index in [1.165, 1.54) is 0 Å². The number of benzene rings is 1. The molecule has 3 rings (SSSR count). The van der Waals surface area contributed by atoms with Gasteiger partial charge in [0.15, 0.2) is 0 Å². The predicted molar refractivity (Wildman–Crippen MR) is 122 cm³/mol. The number of likely N-dealkylation sites (tertiary alicyclic amines) is 1. The second kappa shape index (κ2) is 12.6. The molecule has 2 amide bonds. The highest BCUT2D eigenvalue weighted by atomic mass is 16.5. The highest BCUT2D eigenvalue weighted by molar-refractivity contribution is 5.89. The molecule has 2 aliphatic heterocycles. The summed E-state index contributed by atoms with van der Waals surface area (Å²) in [4.78, 5) is 29.4. The molecule has 0 radical (unpaired) electrons. The van der Waals surface area contributed by atoms with Crippen LogP contribution in [0.3, 0.4) is 0 Å². The molecule has 0 aliphatic carbocycles. The van der Waals surface area contributed by atoms with E-state index in [0.717, 1.165) is 30.7 Å². The first-order valence-electron chi connectivity index (χ1n) is 11.3. The van der Waals surface area contributed by atoms with Gasteiger partial charge in [0.25, 0.3) is 0 Å². The smallest absolute Gasteiger partial charge is 0.237 e. The van der Waals surface area contributed by atoms with Gasteiger partial charge in [0.1, 0.15) is 5.75 Å². The van der Waals surface area contributed by atoms with Gasteiger partial charge in [-0.15, -0.1) is 0 Å². The normalized spacial score (nSPS) is 20.5. The van der Waals surface area contributed by atoms with E-state index in [4.69, 9.17) is 14.2 Å². The van der Waals surface area contributed by atoms with Crippen molar-refractivity contribution >= 4 is 17.9 Å². The number of hydrogen-bond donors (Lipinski definition) is 1. The van der Waals surface area contributed by atoms with Crippen LogP contribution in [-0.2, 0) is 19.1 Å². The second-order valence-electron chi connectivity index (χ2n) is 8.09. The average Bonchev–Trinajstić information content (AvgIpc) is 2.82. The Morgan fingerprint density at radius 1 is 1.16 bits per heavy atom. The first kappa shape index (κ1) is 24.2. The lowest BCUT2D eigenvalue weighted by molar-refractivity contribution is -0.140. The summed E-state index contributed by atoms with van der Waals surface area (Å²) < 4.78 is 16.2. The first-order valence-corrected chi connectivity index (χ1v) is 11.3. The van der Waals surface area contributed by atoms with Gasteiger partial charge in [0, 0.05) is 45.4 Å². The lowest BCUT2D eigenvalue weighted by Gasteiger charge is -2.36. The summed E-state index contributed by atoms with van der Waals surface area (Å²) in [7, 11) is 3.31. The van der Waals surface area contributed by atoms with Crippen molar-refractivity contribution in [3.63, 3.8) is 0 Å². The molecule has 0 saturated carbocycles. The monoisotopic (exact) mass is 445 g/mol. The molecule has 8 nitrogen and oxygen atoms in total. The van der Waals surface area contributed by atoms with E-state index in [9.17, 15) is 9.59 Å². The first-order chi connectivity index (χ1) is 15.6. The van der Waals surface area contributed by atoms with Crippen LogP contribution < -0.4 is 10.1 Å². The van der Waals surface area contributed by atoms with E-state index in [0.29, 0.717) is 39.4 Å². The number of carbonyl (C=O) groups excluding carboxylic acids is 2. The Bertz CT molecular complexity index is 777. The zero-order valence-electron chi connectivity index (χ0n) is 19.1. The molecule has 0 spiro atoms. The van der Waals surface area contributed by atoms with Gasteiger partial charge in [0.05, 0.1) is 38.9 Å². The molecule has 2 saturated heterocycles. The van der Waals surface area contributed by atoms with Crippen molar-refractivity contribution in [2.75, 3.05) is 60.2 Å². The number of carbonyl (C=O) groups is 2. The number of hydrogen-bond acceptors (Lipinski definition) is 6. The van der Waals surface area contributed by atoms with Crippen LogP contribution in [-0.4, -0.2) is 93.9 Å². The average molecular weight is 446 g/mol. The molecule has 1 N–H and O–H groups in total. The Kier molecular flexibility index (Phi) is 9.52. The van der Waals surface area contributed by atoms with Crippen LogP contribution in [0.4, 0.5) is 0 Å². The van der Waals surface area contributed by atoms with Gasteiger partial charge in [0.2, 0.25) is 11.8 Å². The SMILES string of the molecule is COCCOC1CCN(C(=O)C[C@H]2C(=O)NCCN2C/C=C/c2ccccc2OC)CC1. The van der Waals surface area contributed by atoms with E-state index in [-0.39, 0.29) is 24.3 Å². The van der Waals surface area contributed by atoms with Gasteiger partial charge in [-0.1, -0.05) is 30.4 Å². The van der Waals surface area contributed by atoms with Gasteiger partial charge in [-0.25, -0.2) is 0 Å². The van der Waals surface area contributed by atoms with Gasteiger partial charge in [-0.05, 0) is 18.9 Å². The molecular formula is C24H35N3O5. The van der Waals surface area contributed by atoms with Crippen LogP contribution in [0.5, 0.6) is 5.75 Å². The van der Waals surface area contributed by atoms with Crippen LogP contribution in [0.1, 0.15) is 24.8 Å². The minimum absolute atomic E-state index is 0.0288. The van der Waals surface area contributed by atoms with Crippen molar-refractivity contribution < 1.29 is 23.8 Å². The van der Waals surface area contributed by atoms with Crippen LogP contribution in [0.2, 0.25) is 0 Å². The number of methoxy groups -OCH3 is 2. The van der Waals surface area contributed by atoms with Crippen molar-refractivity contribution in [2.24, 2.45) is 0 Å². The Hall–Kier alpha value is -2.42. The molecule has 8 heteroatoms. The summed E-state index contributed by atoms with van der Waals surface area (Å²) >= 11 is 0. The minimum Gasteiger partial charge on any atom is -0.496 e. The fourth-order valence-corrected chi connectivity index (χ4v) is 4.19. The van der Waals surface area contributed by atoms with Crippen LogP contribution >= 0.6 is 0 Å². The molecule has 176 valence electrons. The molecular weight excluding hydrogens is 410 g/mol. The number of nitrogens with zero attached hydrogens (tertiary/aromatic N) is 2. The Morgan fingerprint density at radius 2 is 1.94 bits per heavy atom. The molecule has 1 atom stereocenters. The third kappa shape index (κ3) is 6.79. The fourth-order valence-electron chi connectivity index (χ4n) is 4.19. The van der Waals surface area contributed by atoms with Gasteiger partial charge in [-0.2, -0.15) is 0 Å². The Morgan fingerprint density at radius 3 is 2.69 bits per heavy atom. The molecule has 2 aliphatic rings. The molecule has 2 heterocycles. The number of ether oxygens (including phenoxy) is 3. The van der Waals surface area contributed by atoms with Gasteiger partial charge in [-0.3, -0.25) is 14.5 Å². The molecule has 32 heavy (non-hydrogen) atoms. The van der Waals surface area contributed by atoms with Crippen molar-refractivity contribution in [3.8, 4) is 5.75 Å². The maximum Gasteiger partial charge on any atom is 0.237 e. The van der Waals surface area contributed by atoms with Crippen molar-refractivity contribution in [3.05, 3.63) is 35.9 Å². The van der Waals surface area contributed by atoms with E-state index in [2.05, 4.69) is 10.2 Å². The number of para-hydroxylation sites is 1. The van der Waals surface area contributed by atoms with E-state index < -0.39 is 6.04 Å². The maximum atomic E-state index is 12.9. The Labute approximate surface area is 190 Å². The molecule has 2 fully saturated rings.